The fraction of sp³-hybridized carbons (Fsp3) is 0.235. The van der Waals surface area contributed by atoms with E-state index in [1.54, 1.807) is 13.2 Å². The molecule has 2 rings (SSSR count). The zero-order chi connectivity index (χ0) is 15.2. The second kappa shape index (κ2) is 7.27. The average Bonchev–Trinajstić information content (AvgIpc) is 2.49. The Morgan fingerprint density at radius 1 is 1.14 bits per heavy atom. The number of halogens is 1. The van der Waals surface area contributed by atoms with Crippen LogP contribution in [-0.4, -0.2) is 19.3 Å². The molecule has 0 unspecified atom stereocenters. The van der Waals surface area contributed by atoms with Crippen LogP contribution in [0.15, 0.2) is 42.6 Å². The minimum Gasteiger partial charge on any atom is -0.374 e. The van der Waals surface area contributed by atoms with E-state index in [0.717, 1.165) is 23.4 Å². The van der Waals surface area contributed by atoms with E-state index in [-0.39, 0.29) is 5.95 Å². The topological polar surface area (TPSA) is 7.12 Å². The highest BCUT2D eigenvalue weighted by molar-refractivity contribution is 7.80. The van der Waals surface area contributed by atoms with E-state index in [0.29, 0.717) is 0 Å². The van der Waals surface area contributed by atoms with Gasteiger partial charge in [-0.15, -0.1) is 4.39 Å². The number of rotatable bonds is 5. The minimum absolute atomic E-state index is 0.249. The molecule has 21 heavy (non-hydrogen) atoms. The number of benzene rings is 1. The number of anilines is 1. The molecule has 0 aliphatic heterocycles. The second-order valence-corrected chi connectivity index (χ2v) is 5.41. The van der Waals surface area contributed by atoms with Gasteiger partial charge in [0.25, 0.3) is 0 Å². The fourth-order valence-electron chi connectivity index (χ4n) is 1.97. The number of nitrogens with zero attached hydrogens (tertiary/aromatic N) is 2. The zero-order valence-corrected chi connectivity index (χ0v) is 13.2. The first-order chi connectivity index (χ1) is 10.1. The van der Waals surface area contributed by atoms with Crippen molar-refractivity contribution in [3.8, 4) is 0 Å². The van der Waals surface area contributed by atoms with E-state index in [2.05, 4.69) is 41.8 Å². The first kappa shape index (κ1) is 15.6. The van der Waals surface area contributed by atoms with Crippen LogP contribution in [0.2, 0.25) is 0 Å². The van der Waals surface area contributed by atoms with Gasteiger partial charge in [-0.1, -0.05) is 24.3 Å². The molecule has 0 atom stereocenters. The fourth-order valence-corrected chi connectivity index (χ4v) is 2.27. The molecule has 4 heteroatoms. The predicted octanol–water partition coefficient (Wildman–Crippen LogP) is 3.19. The molecule has 0 saturated heterocycles. The van der Waals surface area contributed by atoms with Crippen molar-refractivity contribution < 1.29 is 8.96 Å². The summed E-state index contributed by atoms with van der Waals surface area (Å²) < 4.78 is 14.9. The van der Waals surface area contributed by atoms with Crippen molar-refractivity contribution in [3.05, 3.63) is 59.7 Å². The molecule has 0 fully saturated rings. The third kappa shape index (κ3) is 4.33. The molecule has 0 amide bonds. The molecular weight excluding hydrogens is 283 g/mol. The summed E-state index contributed by atoms with van der Waals surface area (Å²) >= 11 is 4.23. The number of hydrogen-bond donors (Lipinski definition) is 1. The third-order valence-corrected chi connectivity index (χ3v) is 3.55. The molecule has 1 aromatic heterocycles. The Labute approximate surface area is 130 Å². The molecule has 0 bridgehead atoms. The van der Waals surface area contributed by atoms with Crippen molar-refractivity contribution in [3.63, 3.8) is 0 Å². The lowest BCUT2D eigenvalue weighted by molar-refractivity contribution is -0.700. The summed E-state index contributed by atoms with van der Waals surface area (Å²) in [7, 11) is 3.73. The Kier molecular flexibility index (Phi) is 5.39. The summed E-state index contributed by atoms with van der Waals surface area (Å²) in [5.74, 6) is 0.579. The second-order valence-electron chi connectivity index (χ2n) is 4.96. The predicted molar refractivity (Wildman–Crippen MR) is 90.1 cm³/mol. The molecule has 0 aliphatic carbocycles. The van der Waals surface area contributed by atoms with Crippen molar-refractivity contribution in [2.75, 3.05) is 24.2 Å². The van der Waals surface area contributed by atoms with Gasteiger partial charge in [-0.3, -0.25) is 0 Å². The van der Waals surface area contributed by atoms with Crippen LogP contribution in [0.4, 0.5) is 10.1 Å². The van der Waals surface area contributed by atoms with Crippen LogP contribution in [0.3, 0.4) is 0 Å². The molecule has 2 nitrogen and oxygen atoms in total. The van der Waals surface area contributed by atoms with Crippen LogP contribution in [0.25, 0.3) is 12.2 Å². The molecule has 1 aromatic carbocycles. The van der Waals surface area contributed by atoms with E-state index in [9.17, 15) is 4.39 Å². The largest absolute Gasteiger partial charge is 0.374 e. The Bertz CT molecular complexity index is 623. The summed E-state index contributed by atoms with van der Waals surface area (Å²) in [6, 6.07) is 11.7. The normalized spacial score (nSPS) is 11.0. The third-order valence-electron chi connectivity index (χ3n) is 3.35. The van der Waals surface area contributed by atoms with Gasteiger partial charge in [0.2, 0.25) is 0 Å². The highest BCUT2D eigenvalue weighted by atomic mass is 32.1. The number of pyridine rings is 1. The van der Waals surface area contributed by atoms with Crippen molar-refractivity contribution in [1.82, 2.24) is 0 Å². The molecule has 0 N–H and O–H groups in total. The van der Waals surface area contributed by atoms with Crippen LogP contribution in [0.5, 0.6) is 0 Å². The zero-order valence-electron chi connectivity index (χ0n) is 12.3. The first-order valence-electron chi connectivity index (χ1n) is 6.85. The average molecular weight is 303 g/mol. The van der Waals surface area contributed by atoms with E-state index in [1.165, 1.54) is 16.3 Å². The summed E-state index contributed by atoms with van der Waals surface area (Å²) in [4.78, 5) is 2.16. The van der Waals surface area contributed by atoms with Crippen molar-refractivity contribution in [2.45, 2.75) is 0 Å². The van der Waals surface area contributed by atoms with Crippen LogP contribution in [0, 0.1) is 5.95 Å². The quantitative estimate of drug-likeness (QED) is 0.506. The van der Waals surface area contributed by atoms with Crippen molar-refractivity contribution in [2.24, 2.45) is 7.05 Å². The molecule has 0 spiro atoms. The molecule has 0 aliphatic rings. The van der Waals surface area contributed by atoms with Crippen LogP contribution < -0.4 is 9.47 Å². The monoisotopic (exact) mass is 303 g/mol. The Balaban J connectivity index is 2.09. The van der Waals surface area contributed by atoms with Gasteiger partial charge < -0.3 is 4.90 Å². The van der Waals surface area contributed by atoms with E-state index >= 15 is 0 Å². The van der Waals surface area contributed by atoms with Gasteiger partial charge in [-0.25, -0.2) is 0 Å². The standard InChI is InChI=1S/C17H19FN2S/c1-19(11-12-21)16-7-5-14(6-8-16)3-4-15-9-10-20(2)17(18)13-15/h3-10,13H,11-12H2,1-2H3/p+1. The lowest BCUT2D eigenvalue weighted by atomic mass is 10.1. The van der Waals surface area contributed by atoms with Gasteiger partial charge in [0.15, 0.2) is 6.20 Å². The van der Waals surface area contributed by atoms with E-state index < -0.39 is 0 Å². The van der Waals surface area contributed by atoms with Crippen LogP contribution in [0.1, 0.15) is 11.1 Å². The minimum atomic E-state index is -0.249. The maximum absolute atomic E-state index is 13.4. The van der Waals surface area contributed by atoms with Gasteiger partial charge in [-0.2, -0.15) is 17.2 Å². The number of hydrogen-bond acceptors (Lipinski definition) is 2. The molecule has 0 saturated carbocycles. The summed E-state index contributed by atoms with van der Waals surface area (Å²) in [5.41, 5.74) is 3.10. The smallest absolute Gasteiger partial charge is 0.359 e. The Morgan fingerprint density at radius 2 is 1.81 bits per heavy atom. The molecule has 2 aromatic rings. The van der Waals surface area contributed by atoms with Gasteiger partial charge in [-0.05, 0) is 23.3 Å². The number of aromatic nitrogens is 1. The maximum atomic E-state index is 13.4. The highest BCUT2D eigenvalue weighted by Gasteiger charge is 2.03. The lowest BCUT2D eigenvalue weighted by Gasteiger charge is -2.17. The van der Waals surface area contributed by atoms with Gasteiger partial charge in [0.05, 0.1) is 0 Å². The van der Waals surface area contributed by atoms with E-state index in [4.69, 9.17) is 0 Å². The van der Waals surface area contributed by atoms with Gasteiger partial charge in [0, 0.05) is 37.2 Å². The van der Waals surface area contributed by atoms with Gasteiger partial charge >= 0.3 is 5.95 Å². The molecule has 110 valence electrons. The highest BCUT2D eigenvalue weighted by Crippen LogP contribution is 2.15. The summed E-state index contributed by atoms with van der Waals surface area (Å²) in [6.07, 6.45) is 5.61. The molecule has 0 radical (unpaired) electrons. The maximum Gasteiger partial charge on any atom is 0.359 e. The first-order valence-corrected chi connectivity index (χ1v) is 7.49. The van der Waals surface area contributed by atoms with Crippen molar-refractivity contribution in [1.29, 1.82) is 0 Å². The lowest BCUT2D eigenvalue weighted by Crippen LogP contribution is -2.32. The number of thiol groups is 1. The molecular formula is C17H20FN2S+. The van der Waals surface area contributed by atoms with Crippen molar-refractivity contribution >= 4 is 30.5 Å². The van der Waals surface area contributed by atoms with E-state index in [1.807, 2.05) is 25.3 Å². The SMILES string of the molecule is CN(CCS)c1ccc(/C=C/c2cc[n+](C)c(F)c2)cc1. The van der Waals surface area contributed by atoms with Crippen LogP contribution >= 0.6 is 12.6 Å². The number of aryl methyl sites for hydroxylation is 1. The summed E-state index contributed by atoms with van der Waals surface area (Å²) in [6.45, 7) is 0.915. The van der Waals surface area contributed by atoms with Gasteiger partial charge in [0.1, 0.15) is 7.05 Å². The summed E-state index contributed by atoms with van der Waals surface area (Å²) in [5, 5.41) is 0. The Morgan fingerprint density at radius 3 is 2.43 bits per heavy atom. The Hall–Kier alpha value is -1.81. The molecule has 1 heterocycles. The van der Waals surface area contributed by atoms with Crippen LogP contribution in [-0.2, 0) is 7.05 Å².